The maximum absolute atomic E-state index is 8.90. The summed E-state index contributed by atoms with van der Waals surface area (Å²) in [4.78, 5) is 0. The molecule has 2 rings (SSSR count). The number of aliphatic hydroxyl groups excluding tert-OH is 1. The Morgan fingerprint density at radius 3 is 2.17 bits per heavy atom. The van der Waals surface area contributed by atoms with E-state index in [2.05, 4.69) is 0 Å². The average Bonchev–Trinajstić information content (AvgIpc) is 2.42. The van der Waals surface area contributed by atoms with Crippen LogP contribution in [0.15, 0.2) is 54.6 Å². The Hall–Kier alpha value is -1.84. The summed E-state index contributed by atoms with van der Waals surface area (Å²) in [6.07, 6.45) is 0.669. The van der Waals surface area contributed by atoms with E-state index in [1.165, 1.54) is 0 Å². The summed E-state index contributed by atoms with van der Waals surface area (Å²) in [5.74, 6) is 1.61. The third-order valence-electron chi connectivity index (χ3n) is 2.63. The lowest BCUT2D eigenvalue weighted by molar-refractivity contribution is 0.265. The minimum absolute atomic E-state index is 0.00225. The minimum Gasteiger partial charge on any atom is -0.457 e. The quantitative estimate of drug-likeness (QED) is 0.847. The molecule has 3 heteroatoms. The van der Waals surface area contributed by atoms with Gasteiger partial charge >= 0.3 is 0 Å². The molecular formula is C15H17NO2. The molecule has 0 saturated carbocycles. The fourth-order valence-electron chi connectivity index (χ4n) is 1.69. The molecule has 0 radical (unpaired) electrons. The highest BCUT2D eigenvalue weighted by atomic mass is 16.5. The van der Waals surface area contributed by atoms with Gasteiger partial charge in [0.05, 0.1) is 6.61 Å². The average molecular weight is 243 g/mol. The summed E-state index contributed by atoms with van der Waals surface area (Å²) in [6.45, 7) is 0.00225. The fraction of sp³-hybridized carbons (Fsp3) is 0.200. The molecule has 0 saturated heterocycles. The Morgan fingerprint density at radius 2 is 1.56 bits per heavy atom. The Kier molecular flexibility index (Phi) is 4.34. The van der Waals surface area contributed by atoms with Crippen LogP contribution in [0, 0.1) is 0 Å². The van der Waals surface area contributed by atoms with Crippen molar-refractivity contribution in [3.8, 4) is 11.5 Å². The maximum Gasteiger partial charge on any atom is 0.127 e. The molecule has 0 fully saturated rings. The van der Waals surface area contributed by atoms with Gasteiger partial charge in [-0.3, -0.25) is 0 Å². The Bertz CT molecular complexity index is 468. The smallest absolute Gasteiger partial charge is 0.127 e. The lowest BCUT2D eigenvalue weighted by Gasteiger charge is -2.09. The van der Waals surface area contributed by atoms with Crippen LogP contribution in [0.2, 0.25) is 0 Å². The van der Waals surface area contributed by atoms with E-state index in [0.29, 0.717) is 6.42 Å². The highest BCUT2D eigenvalue weighted by Crippen LogP contribution is 2.21. The summed E-state index contributed by atoms with van der Waals surface area (Å²) in [7, 11) is 0. The Balaban J connectivity index is 2.00. The third-order valence-corrected chi connectivity index (χ3v) is 2.63. The largest absolute Gasteiger partial charge is 0.457 e. The molecule has 18 heavy (non-hydrogen) atoms. The van der Waals surface area contributed by atoms with E-state index in [4.69, 9.17) is 15.6 Å². The van der Waals surface area contributed by atoms with Gasteiger partial charge in [-0.25, -0.2) is 0 Å². The van der Waals surface area contributed by atoms with E-state index in [1.807, 2.05) is 54.6 Å². The van der Waals surface area contributed by atoms with Gasteiger partial charge in [0.2, 0.25) is 0 Å². The highest BCUT2D eigenvalue weighted by Gasteiger charge is 2.03. The summed E-state index contributed by atoms with van der Waals surface area (Å²) >= 11 is 0. The molecule has 1 atom stereocenters. The summed E-state index contributed by atoms with van der Waals surface area (Å²) in [5, 5.41) is 8.90. The molecular weight excluding hydrogens is 226 g/mol. The second kappa shape index (κ2) is 6.19. The van der Waals surface area contributed by atoms with E-state index in [1.54, 1.807) is 0 Å². The molecule has 94 valence electrons. The van der Waals surface area contributed by atoms with E-state index < -0.39 is 0 Å². The first kappa shape index (κ1) is 12.6. The van der Waals surface area contributed by atoms with E-state index in [-0.39, 0.29) is 12.6 Å². The van der Waals surface area contributed by atoms with Gasteiger partial charge in [-0.2, -0.15) is 0 Å². The molecule has 0 heterocycles. The van der Waals surface area contributed by atoms with Crippen LogP contribution >= 0.6 is 0 Å². The fourth-order valence-corrected chi connectivity index (χ4v) is 1.69. The van der Waals surface area contributed by atoms with Crippen molar-refractivity contribution in [2.45, 2.75) is 12.5 Å². The van der Waals surface area contributed by atoms with Crippen LogP contribution in [-0.2, 0) is 6.42 Å². The first-order valence-electron chi connectivity index (χ1n) is 5.96. The zero-order valence-electron chi connectivity index (χ0n) is 10.1. The molecule has 2 aromatic carbocycles. The van der Waals surface area contributed by atoms with Crippen LogP contribution in [0.25, 0.3) is 0 Å². The second-order valence-corrected chi connectivity index (χ2v) is 4.21. The van der Waals surface area contributed by atoms with Gasteiger partial charge in [0.1, 0.15) is 11.5 Å². The van der Waals surface area contributed by atoms with Crippen molar-refractivity contribution in [3.63, 3.8) is 0 Å². The van der Waals surface area contributed by atoms with Gasteiger partial charge in [-0.15, -0.1) is 0 Å². The van der Waals surface area contributed by atoms with E-state index in [9.17, 15) is 0 Å². The van der Waals surface area contributed by atoms with Crippen LogP contribution in [0.4, 0.5) is 0 Å². The molecule has 0 aliphatic rings. The van der Waals surface area contributed by atoms with Crippen LogP contribution < -0.4 is 10.5 Å². The monoisotopic (exact) mass is 243 g/mol. The van der Waals surface area contributed by atoms with Crippen LogP contribution in [-0.4, -0.2) is 17.8 Å². The van der Waals surface area contributed by atoms with Crippen molar-refractivity contribution in [1.29, 1.82) is 0 Å². The summed E-state index contributed by atoms with van der Waals surface area (Å²) < 4.78 is 5.68. The molecule has 1 unspecified atom stereocenters. The highest BCUT2D eigenvalue weighted by molar-refractivity contribution is 5.33. The first-order valence-corrected chi connectivity index (χ1v) is 5.96. The molecule has 0 aromatic heterocycles. The first-order chi connectivity index (χ1) is 8.78. The third kappa shape index (κ3) is 3.58. The van der Waals surface area contributed by atoms with Crippen LogP contribution in [0.1, 0.15) is 5.56 Å². The topological polar surface area (TPSA) is 55.5 Å². The number of hydrogen-bond donors (Lipinski definition) is 2. The van der Waals surface area contributed by atoms with Crippen molar-refractivity contribution in [3.05, 3.63) is 60.2 Å². The van der Waals surface area contributed by atoms with Gasteiger partial charge in [0, 0.05) is 6.04 Å². The predicted molar refractivity (Wildman–Crippen MR) is 71.7 cm³/mol. The number of nitrogens with two attached hydrogens (primary N) is 1. The molecule has 2 aromatic rings. The number of rotatable bonds is 5. The second-order valence-electron chi connectivity index (χ2n) is 4.21. The molecule has 0 spiro atoms. The van der Waals surface area contributed by atoms with Gasteiger partial charge in [0.15, 0.2) is 0 Å². The van der Waals surface area contributed by atoms with Crippen molar-refractivity contribution in [2.24, 2.45) is 5.73 Å². The molecule has 0 bridgehead atoms. The zero-order chi connectivity index (χ0) is 12.8. The number of benzene rings is 2. The van der Waals surface area contributed by atoms with Crippen molar-refractivity contribution in [2.75, 3.05) is 6.61 Å². The van der Waals surface area contributed by atoms with E-state index >= 15 is 0 Å². The van der Waals surface area contributed by atoms with Crippen molar-refractivity contribution in [1.82, 2.24) is 0 Å². The standard InChI is InChI=1S/C15H17NO2/c16-13(11-17)10-12-6-8-15(9-7-12)18-14-4-2-1-3-5-14/h1-9,13,17H,10-11,16H2. The lowest BCUT2D eigenvalue weighted by Crippen LogP contribution is -2.26. The van der Waals surface area contributed by atoms with Crippen molar-refractivity contribution >= 4 is 0 Å². The zero-order valence-corrected chi connectivity index (χ0v) is 10.1. The number of aliphatic hydroxyl groups is 1. The van der Waals surface area contributed by atoms with Crippen LogP contribution in [0.3, 0.4) is 0 Å². The minimum atomic E-state index is -0.203. The van der Waals surface area contributed by atoms with Gasteiger partial charge in [-0.1, -0.05) is 30.3 Å². The molecule has 0 aliphatic carbocycles. The summed E-state index contributed by atoms with van der Waals surface area (Å²) in [6, 6.07) is 17.2. The Labute approximate surface area is 107 Å². The number of para-hydroxylation sites is 1. The molecule has 3 N–H and O–H groups in total. The van der Waals surface area contributed by atoms with Gasteiger partial charge < -0.3 is 15.6 Å². The number of hydrogen-bond acceptors (Lipinski definition) is 3. The molecule has 0 amide bonds. The van der Waals surface area contributed by atoms with E-state index in [0.717, 1.165) is 17.1 Å². The number of ether oxygens (including phenoxy) is 1. The van der Waals surface area contributed by atoms with Crippen molar-refractivity contribution < 1.29 is 9.84 Å². The predicted octanol–water partition coefficient (Wildman–Crippen LogP) is 2.34. The molecule has 0 aliphatic heterocycles. The Morgan fingerprint density at radius 1 is 0.944 bits per heavy atom. The molecule has 3 nitrogen and oxygen atoms in total. The van der Waals surface area contributed by atoms with Gasteiger partial charge in [-0.05, 0) is 36.2 Å². The van der Waals surface area contributed by atoms with Gasteiger partial charge in [0.25, 0.3) is 0 Å². The normalized spacial score (nSPS) is 12.1. The van der Waals surface area contributed by atoms with Crippen LogP contribution in [0.5, 0.6) is 11.5 Å². The maximum atomic E-state index is 8.90. The lowest BCUT2D eigenvalue weighted by atomic mass is 10.1. The summed E-state index contributed by atoms with van der Waals surface area (Å²) in [5.41, 5.74) is 6.78. The SMILES string of the molecule is NC(CO)Cc1ccc(Oc2ccccc2)cc1.